The highest BCUT2D eigenvalue weighted by Crippen LogP contribution is 2.32. The molecule has 0 saturated heterocycles. The van der Waals surface area contributed by atoms with Crippen LogP contribution in [0.2, 0.25) is 0 Å². The van der Waals surface area contributed by atoms with E-state index in [0.717, 1.165) is 37.2 Å². The Morgan fingerprint density at radius 2 is 1.96 bits per heavy atom. The third-order valence-corrected chi connectivity index (χ3v) is 6.85. The lowest BCUT2D eigenvalue weighted by Crippen LogP contribution is -2.35. The number of aromatic nitrogens is 1. The summed E-state index contributed by atoms with van der Waals surface area (Å²) in [5, 5.41) is 1.26. The maximum Gasteiger partial charge on any atom is 0.264 e. The first-order valence-corrected chi connectivity index (χ1v) is 10.1. The lowest BCUT2D eigenvalue weighted by molar-refractivity contribution is 0.0740. The minimum absolute atomic E-state index is 0.217. The van der Waals surface area contributed by atoms with E-state index in [9.17, 15) is 4.79 Å². The van der Waals surface area contributed by atoms with Crippen LogP contribution in [0.5, 0.6) is 0 Å². The first-order chi connectivity index (χ1) is 12.3. The standard InChI is InChI=1S/C21H22N2OS/c24-21(20-12-14-6-2-1-3-9-19(14)25-20)23-11-10-18-16(13-23)15-7-4-5-8-17(15)22-18/h4-5,7-8,12,22H,1-3,6,9-11,13H2. The molecule has 1 aliphatic heterocycles. The summed E-state index contributed by atoms with van der Waals surface area (Å²) >= 11 is 1.74. The zero-order chi connectivity index (χ0) is 16.8. The van der Waals surface area contributed by atoms with Crippen molar-refractivity contribution >= 4 is 28.1 Å². The molecule has 5 rings (SSSR count). The van der Waals surface area contributed by atoms with Gasteiger partial charge < -0.3 is 9.88 Å². The van der Waals surface area contributed by atoms with Crippen molar-refractivity contribution in [2.24, 2.45) is 0 Å². The van der Waals surface area contributed by atoms with E-state index >= 15 is 0 Å². The molecule has 3 aromatic rings. The number of aryl methyl sites for hydroxylation is 2. The van der Waals surface area contributed by atoms with Crippen molar-refractivity contribution < 1.29 is 4.79 Å². The van der Waals surface area contributed by atoms with Crippen LogP contribution in [0.4, 0.5) is 0 Å². The average Bonchev–Trinajstić information content (AvgIpc) is 3.15. The number of hydrogen-bond donors (Lipinski definition) is 1. The summed E-state index contributed by atoms with van der Waals surface area (Å²) in [6.45, 7) is 1.53. The summed E-state index contributed by atoms with van der Waals surface area (Å²) in [6.07, 6.45) is 7.07. The summed E-state index contributed by atoms with van der Waals surface area (Å²) in [7, 11) is 0. The number of H-pyrrole nitrogens is 1. The highest BCUT2D eigenvalue weighted by atomic mass is 32.1. The molecule has 1 aromatic carbocycles. The molecule has 0 spiro atoms. The van der Waals surface area contributed by atoms with Gasteiger partial charge in [-0.25, -0.2) is 0 Å². The minimum atomic E-state index is 0.217. The third kappa shape index (κ3) is 2.60. The molecule has 1 N–H and O–H groups in total. The Bertz CT molecular complexity index is 929. The summed E-state index contributed by atoms with van der Waals surface area (Å²) in [5.74, 6) is 0.217. The number of para-hydroxylation sites is 1. The first kappa shape index (κ1) is 15.2. The third-order valence-electron chi connectivity index (χ3n) is 5.63. The Morgan fingerprint density at radius 1 is 1.08 bits per heavy atom. The molecule has 2 aromatic heterocycles. The number of thiophene rings is 1. The summed E-state index contributed by atoms with van der Waals surface area (Å²) in [6, 6.07) is 10.6. The van der Waals surface area contributed by atoms with Gasteiger partial charge in [-0.15, -0.1) is 11.3 Å². The predicted octanol–water partition coefficient (Wildman–Crippen LogP) is 4.70. The van der Waals surface area contributed by atoms with Gasteiger partial charge in [-0.05, 0) is 43.4 Å². The number of rotatable bonds is 1. The summed E-state index contributed by atoms with van der Waals surface area (Å²) in [4.78, 5) is 21.0. The second kappa shape index (κ2) is 6.03. The molecule has 0 atom stereocenters. The number of hydrogen-bond acceptors (Lipinski definition) is 2. The zero-order valence-corrected chi connectivity index (χ0v) is 15.1. The summed E-state index contributed by atoms with van der Waals surface area (Å²) < 4.78 is 0. The molecule has 1 amide bonds. The average molecular weight is 350 g/mol. The van der Waals surface area contributed by atoms with Crippen molar-refractivity contribution in [3.63, 3.8) is 0 Å². The van der Waals surface area contributed by atoms with E-state index in [0.29, 0.717) is 0 Å². The van der Waals surface area contributed by atoms with Crippen LogP contribution in [0, 0.1) is 0 Å². The number of aromatic amines is 1. The largest absolute Gasteiger partial charge is 0.358 e. The number of carbonyl (C=O) groups excluding carboxylic acids is 1. The van der Waals surface area contributed by atoms with Gasteiger partial charge in [0, 0.05) is 46.5 Å². The van der Waals surface area contributed by atoms with Crippen LogP contribution in [0.15, 0.2) is 30.3 Å². The molecule has 3 nitrogen and oxygen atoms in total. The van der Waals surface area contributed by atoms with E-state index < -0.39 is 0 Å². The van der Waals surface area contributed by atoms with Crippen LogP contribution in [0.3, 0.4) is 0 Å². The maximum atomic E-state index is 13.1. The Morgan fingerprint density at radius 3 is 2.92 bits per heavy atom. The highest BCUT2D eigenvalue weighted by Gasteiger charge is 2.26. The van der Waals surface area contributed by atoms with E-state index in [2.05, 4.69) is 35.3 Å². The normalized spacial score (nSPS) is 17.2. The van der Waals surface area contributed by atoms with Crippen LogP contribution in [-0.2, 0) is 25.8 Å². The van der Waals surface area contributed by atoms with E-state index in [1.54, 1.807) is 11.3 Å². The lowest BCUT2D eigenvalue weighted by atomic mass is 10.0. The van der Waals surface area contributed by atoms with Crippen molar-refractivity contribution in [1.82, 2.24) is 9.88 Å². The molecule has 1 aliphatic carbocycles. The van der Waals surface area contributed by atoms with Gasteiger partial charge >= 0.3 is 0 Å². The topological polar surface area (TPSA) is 36.1 Å². The number of amides is 1. The Kier molecular flexibility index (Phi) is 3.66. The monoisotopic (exact) mass is 350 g/mol. The molecular formula is C21H22N2OS. The van der Waals surface area contributed by atoms with Gasteiger partial charge in [0.2, 0.25) is 0 Å². The Balaban J connectivity index is 1.43. The van der Waals surface area contributed by atoms with Crippen molar-refractivity contribution in [2.75, 3.05) is 6.54 Å². The van der Waals surface area contributed by atoms with Crippen molar-refractivity contribution in [2.45, 2.75) is 45.1 Å². The first-order valence-electron chi connectivity index (χ1n) is 9.29. The number of carbonyl (C=O) groups is 1. The molecule has 0 saturated carbocycles. The van der Waals surface area contributed by atoms with Crippen LogP contribution in [-0.4, -0.2) is 22.3 Å². The van der Waals surface area contributed by atoms with Gasteiger partial charge in [0.15, 0.2) is 0 Å². The Labute approximate surface area is 151 Å². The fraction of sp³-hybridized carbons (Fsp3) is 0.381. The van der Waals surface area contributed by atoms with Gasteiger partial charge in [0.1, 0.15) is 0 Å². The molecule has 0 bridgehead atoms. The van der Waals surface area contributed by atoms with E-state index in [-0.39, 0.29) is 5.91 Å². The number of benzene rings is 1. The van der Waals surface area contributed by atoms with Gasteiger partial charge in [-0.2, -0.15) is 0 Å². The molecule has 0 radical (unpaired) electrons. The summed E-state index contributed by atoms with van der Waals surface area (Å²) in [5.41, 5.74) is 5.21. The highest BCUT2D eigenvalue weighted by molar-refractivity contribution is 7.14. The van der Waals surface area contributed by atoms with Crippen LogP contribution in [0.25, 0.3) is 10.9 Å². The second-order valence-corrected chi connectivity index (χ2v) is 8.36. The van der Waals surface area contributed by atoms with Gasteiger partial charge in [0.05, 0.1) is 4.88 Å². The van der Waals surface area contributed by atoms with E-state index in [1.807, 2.05) is 4.90 Å². The van der Waals surface area contributed by atoms with Gasteiger partial charge in [-0.3, -0.25) is 4.79 Å². The number of nitrogens with one attached hydrogen (secondary N) is 1. The molecule has 25 heavy (non-hydrogen) atoms. The van der Waals surface area contributed by atoms with Crippen LogP contribution < -0.4 is 0 Å². The molecular weight excluding hydrogens is 328 g/mol. The quantitative estimate of drug-likeness (QED) is 0.635. The SMILES string of the molecule is O=C(c1cc2c(s1)CCCCC2)N1CCc2[nH]c3ccccc3c2C1. The van der Waals surface area contributed by atoms with E-state index in [4.69, 9.17) is 0 Å². The molecule has 3 heterocycles. The van der Waals surface area contributed by atoms with Gasteiger partial charge in [0.25, 0.3) is 5.91 Å². The predicted molar refractivity (Wildman–Crippen MR) is 102 cm³/mol. The van der Waals surface area contributed by atoms with E-state index in [1.165, 1.54) is 51.9 Å². The molecule has 0 unspecified atom stereocenters. The Hall–Kier alpha value is -2.07. The smallest absolute Gasteiger partial charge is 0.264 e. The number of fused-ring (bicyclic) bond motifs is 4. The lowest BCUT2D eigenvalue weighted by Gasteiger charge is -2.26. The van der Waals surface area contributed by atoms with Crippen LogP contribution in [0.1, 0.15) is 50.6 Å². The molecule has 2 aliphatic rings. The maximum absolute atomic E-state index is 13.1. The molecule has 128 valence electrons. The van der Waals surface area contributed by atoms with Crippen molar-refractivity contribution in [3.8, 4) is 0 Å². The fourth-order valence-corrected chi connectivity index (χ4v) is 5.49. The zero-order valence-electron chi connectivity index (χ0n) is 14.3. The van der Waals surface area contributed by atoms with Crippen molar-refractivity contribution in [1.29, 1.82) is 0 Å². The fourth-order valence-electron chi connectivity index (χ4n) is 4.27. The second-order valence-electron chi connectivity index (χ2n) is 7.22. The molecule has 4 heteroatoms. The van der Waals surface area contributed by atoms with Crippen LogP contribution >= 0.6 is 11.3 Å². The molecule has 0 fully saturated rings. The van der Waals surface area contributed by atoms with Gasteiger partial charge in [-0.1, -0.05) is 24.6 Å². The number of nitrogens with zero attached hydrogens (tertiary/aromatic N) is 1. The minimum Gasteiger partial charge on any atom is -0.358 e. The van der Waals surface area contributed by atoms with Crippen molar-refractivity contribution in [3.05, 3.63) is 56.9 Å².